The van der Waals surface area contributed by atoms with Gasteiger partial charge in [-0.05, 0) is 38.1 Å². The highest BCUT2D eigenvalue weighted by Gasteiger charge is 2.20. The fourth-order valence-electron chi connectivity index (χ4n) is 2.08. The van der Waals surface area contributed by atoms with Crippen molar-refractivity contribution in [3.05, 3.63) is 57.2 Å². The van der Waals surface area contributed by atoms with Crippen LogP contribution in [0.3, 0.4) is 0 Å². The van der Waals surface area contributed by atoms with Crippen LogP contribution in [0.5, 0.6) is 0 Å². The number of fused-ring (bicyclic) bond motifs is 1. The average Bonchev–Trinajstić information content (AvgIpc) is 2.93. The molecule has 19 heavy (non-hydrogen) atoms. The number of hydrogen-bond acceptors (Lipinski definition) is 3. The summed E-state index contributed by atoms with van der Waals surface area (Å²) in [5.41, 5.74) is 1.17. The van der Waals surface area contributed by atoms with Gasteiger partial charge in [0.05, 0.1) is 4.88 Å². The molecule has 96 valence electrons. The van der Waals surface area contributed by atoms with Gasteiger partial charge in [-0.25, -0.2) is 4.39 Å². The molecule has 0 aliphatic rings. The van der Waals surface area contributed by atoms with Crippen molar-refractivity contribution >= 4 is 28.1 Å². The SMILES string of the molecule is Cc1ccc(C(=O)c2oc3cc(F)ccc3c2C)s1. The van der Waals surface area contributed by atoms with Crippen LogP contribution in [0.2, 0.25) is 0 Å². The van der Waals surface area contributed by atoms with Crippen LogP contribution in [0, 0.1) is 19.7 Å². The normalized spacial score (nSPS) is 11.1. The predicted octanol–water partition coefficient (Wildman–Crippen LogP) is 4.48. The summed E-state index contributed by atoms with van der Waals surface area (Å²) in [7, 11) is 0. The number of thiophene rings is 1. The molecule has 0 saturated heterocycles. The fraction of sp³-hybridized carbons (Fsp3) is 0.133. The number of ketones is 1. The summed E-state index contributed by atoms with van der Waals surface area (Å²) in [6, 6.07) is 8.00. The minimum atomic E-state index is -0.368. The van der Waals surface area contributed by atoms with E-state index in [0.29, 0.717) is 16.2 Å². The van der Waals surface area contributed by atoms with Gasteiger partial charge < -0.3 is 4.42 Å². The van der Waals surface area contributed by atoms with Crippen LogP contribution in [0.15, 0.2) is 34.7 Å². The number of rotatable bonds is 2. The number of carbonyl (C=O) groups is 1. The molecule has 0 bridgehead atoms. The van der Waals surface area contributed by atoms with E-state index in [1.54, 1.807) is 12.1 Å². The number of halogens is 1. The van der Waals surface area contributed by atoms with Gasteiger partial charge in [0.25, 0.3) is 0 Å². The highest BCUT2D eigenvalue weighted by Crippen LogP contribution is 2.29. The van der Waals surface area contributed by atoms with Crippen molar-refractivity contribution in [2.24, 2.45) is 0 Å². The molecule has 0 atom stereocenters. The summed E-state index contributed by atoms with van der Waals surface area (Å²) in [5.74, 6) is -0.220. The number of carbonyl (C=O) groups excluding carboxylic acids is 1. The van der Waals surface area contributed by atoms with Gasteiger partial charge in [0, 0.05) is 21.9 Å². The maximum Gasteiger partial charge on any atom is 0.238 e. The highest BCUT2D eigenvalue weighted by atomic mass is 32.1. The lowest BCUT2D eigenvalue weighted by Crippen LogP contribution is -1.98. The topological polar surface area (TPSA) is 30.2 Å². The monoisotopic (exact) mass is 274 g/mol. The molecular weight excluding hydrogens is 263 g/mol. The van der Waals surface area contributed by atoms with E-state index in [4.69, 9.17) is 4.42 Å². The zero-order valence-corrected chi connectivity index (χ0v) is 11.3. The second-order valence-corrected chi connectivity index (χ2v) is 5.72. The second-order valence-electron chi connectivity index (χ2n) is 4.44. The van der Waals surface area contributed by atoms with Crippen LogP contribution in [-0.2, 0) is 0 Å². The first-order valence-corrected chi connectivity index (χ1v) is 6.67. The molecule has 0 saturated carbocycles. The van der Waals surface area contributed by atoms with Crippen molar-refractivity contribution in [3.8, 4) is 0 Å². The number of furan rings is 1. The standard InChI is InChI=1S/C15H11FO2S/c1-8-3-6-13(19-8)14(17)15-9(2)11-5-4-10(16)7-12(11)18-15/h3-7H,1-2H3. The summed E-state index contributed by atoms with van der Waals surface area (Å²) in [6.07, 6.45) is 0. The first-order valence-electron chi connectivity index (χ1n) is 5.86. The molecule has 0 aliphatic heterocycles. The van der Waals surface area contributed by atoms with E-state index < -0.39 is 0 Å². The summed E-state index contributed by atoms with van der Waals surface area (Å²) < 4.78 is 18.7. The first kappa shape index (κ1) is 12.1. The third-order valence-corrected chi connectivity index (χ3v) is 4.07. The Labute approximate surface area is 113 Å². The van der Waals surface area contributed by atoms with Gasteiger partial charge in [0.2, 0.25) is 5.78 Å². The molecule has 3 aromatic rings. The third-order valence-electron chi connectivity index (χ3n) is 3.07. The molecule has 2 aromatic heterocycles. The molecule has 0 fully saturated rings. The number of hydrogen-bond donors (Lipinski definition) is 0. The predicted molar refractivity (Wildman–Crippen MR) is 73.4 cm³/mol. The molecule has 0 N–H and O–H groups in total. The smallest absolute Gasteiger partial charge is 0.238 e. The lowest BCUT2D eigenvalue weighted by atomic mass is 10.1. The van der Waals surface area contributed by atoms with Crippen LogP contribution in [-0.4, -0.2) is 5.78 Å². The van der Waals surface area contributed by atoms with Crippen molar-refractivity contribution < 1.29 is 13.6 Å². The van der Waals surface area contributed by atoms with E-state index in [9.17, 15) is 9.18 Å². The van der Waals surface area contributed by atoms with Crippen LogP contribution in [0.1, 0.15) is 25.9 Å². The van der Waals surface area contributed by atoms with Gasteiger partial charge in [-0.2, -0.15) is 0 Å². The summed E-state index contributed by atoms with van der Waals surface area (Å²) in [6.45, 7) is 3.76. The largest absolute Gasteiger partial charge is 0.452 e. The Morgan fingerprint density at radius 2 is 2.00 bits per heavy atom. The Kier molecular flexibility index (Phi) is 2.75. The van der Waals surface area contributed by atoms with Crippen LogP contribution >= 0.6 is 11.3 Å². The maximum atomic E-state index is 13.2. The van der Waals surface area contributed by atoms with Gasteiger partial charge >= 0.3 is 0 Å². The van der Waals surface area contributed by atoms with Crippen LogP contribution < -0.4 is 0 Å². The summed E-state index contributed by atoms with van der Waals surface area (Å²) in [4.78, 5) is 14.1. The van der Waals surface area contributed by atoms with E-state index >= 15 is 0 Å². The van der Waals surface area contributed by atoms with Crippen molar-refractivity contribution in [1.82, 2.24) is 0 Å². The minimum absolute atomic E-state index is 0.146. The lowest BCUT2D eigenvalue weighted by Gasteiger charge is -1.94. The Bertz CT molecular complexity index is 783. The van der Waals surface area contributed by atoms with Crippen LogP contribution in [0.4, 0.5) is 4.39 Å². The molecule has 4 heteroatoms. The second kappa shape index (κ2) is 4.31. The van der Waals surface area contributed by atoms with Gasteiger partial charge in [0.1, 0.15) is 11.4 Å². The number of benzene rings is 1. The van der Waals surface area contributed by atoms with E-state index in [-0.39, 0.29) is 11.6 Å². The van der Waals surface area contributed by atoms with Crippen molar-refractivity contribution in [3.63, 3.8) is 0 Å². The molecule has 0 amide bonds. The minimum Gasteiger partial charge on any atom is -0.452 e. The Hall–Kier alpha value is -1.94. The van der Waals surface area contributed by atoms with Crippen molar-refractivity contribution in [2.45, 2.75) is 13.8 Å². The van der Waals surface area contributed by atoms with Gasteiger partial charge in [-0.1, -0.05) is 0 Å². The fourth-order valence-corrected chi connectivity index (χ4v) is 2.89. The van der Waals surface area contributed by atoms with E-state index in [2.05, 4.69) is 0 Å². The molecule has 0 spiro atoms. The van der Waals surface area contributed by atoms with E-state index in [1.807, 2.05) is 19.9 Å². The molecular formula is C15H11FO2S. The van der Waals surface area contributed by atoms with Crippen LogP contribution in [0.25, 0.3) is 11.0 Å². The Balaban J connectivity index is 2.15. The Morgan fingerprint density at radius 1 is 1.21 bits per heavy atom. The highest BCUT2D eigenvalue weighted by molar-refractivity contribution is 7.14. The zero-order chi connectivity index (χ0) is 13.6. The van der Waals surface area contributed by atoms with E-state index in [0.717, 1.165) is 15.8 Å². The molecule has 2 heterocycles. The molecule has 1 aromatic carbocycles. The maximum absolute atomic E-state index is 13.2. The molecule has 2 nitrogen and oxygen atoms in total. The first-order chi connectivity index (χ1) is 9.06. The Morgan fingerprint density at radius 3 is 2.68 bits per heavy atom. The third kappa shape index (κ3) is 1.98. The summed E-state index contributed by atoms with van der Waals surface area (Å²) in [5, 5.41) is 0.776. The molecule has 0 unspecified atom stereocenters. The van der Waals surface area contributed by atoms with Gasteiger partial charge in [0.15, 0.2) is 5.76 Å². The number of aryl methyl sites for hydroxylation is 2. The summed E-state index contributed by atoms with van der Waals surface area (Å²) >= 11 is 1.43. The molecule has 0 radical (unpaired) electrons. The van der Waals surface area contributed by atoms with Gasteiger partial charge in [-0.3, -0.25) is 4.79 Å². The van der Waals surface area contributed by atoms with E-state index in [1.165, 1.54) is 23.5 Å². The average molecular weight is 274 g/mol. The van der Waals surface area contributed by atoms with Gasteiger partial charge in [-0.15, -0.1) is 11.3 Å². The lowest BCUT2D eigenvalue weighted by molar-refractivity contribution is 0.101. The zero-order valence-electron chi connectivity index (χ0n) is 10.5. The molecule has 0 aliphatic carbocycles. The quantitative estimate of drug-likeness (QED) is 0.645. The molecule has 3 rings (SSSR count). The van der Waals surface area contributed by atoms with Crippen molar-refractivity contribution in [1.29, 1.82) is 0 Å². The van der Waals surface area contributed by atoms with Crippen molar-refractivity contribution in [2.75, 3.05) is 0 Å².